The van der Waals surface area contributed by atoms with Gasteiger partial charge < -0.3 is 10.2 Å². The summed E-state index contributed by atoms with van der Waals surface area (Å²) in [7, 11) is 0. The van der Waals surface area contributed by atoms with E-state index in [1.807, 2.05) is 41.3 Å². The van der Waals surface area contributed by atoms with Crippen LogP contribution in [0.1, 0.15) is 40.7 Å². The summed E-state index contributed by atoms with van der Waals surface area (Å²) in [5.41, 5.74) is 3.19. The molecule has 4 heteroatoms. The van der Waals surface area contributed by atoms with Crippen LogP contribution in [0.25, 0.3) is 0 Å². The lowest BCUT2D eigenvalue weighted by Gasteiger charge is -2.26. The molecule has 1 amide bonds. The van der Waals surface area contributed by atoms with Crippen molar-refractivity contribution < 1.29 is 4.79 Å². The number of anilines is 1. The maximum atomic E-state index is 12.4. The Labute approximate surface area is 154 Å². The Morgan fingerprint density at radius 1 is 0.962 bits per heavy atom. The standard InChI is InChI=1S/C22H21N3O/c23-17-19-8-12-21(13-9-19)24-14-4-5-18-6-10-20(11-7-18)22(26)25-15-2-1-3-16-25/h6-13,24H,1-3,14-16H2. The summed E-state index contributed by atoms with van der Waals surface area (Å²) >= 11 is 0. The third-order valence-electron chi connectivity index (χ3n) is 4.40. The molecule has 0 radical (unpaired) electrons. The molecule has 1 saturated heterocycles. The van der Waals surface area contributed by atoms with Crippen molar-refractivity contribution in [1.29, 1.82) is 5.26 Å². The SMILES string of the molecule is N#Cc1ccc(NCC#Cc2ccc(C(=O)N3CCCCC3)cc2)cc1. The molecule has 0 aliphatic carbocycles. The van der Waals surface area contributed by atoms with Gasteiger partial charge in [0, 0.05) is 29.9 Å². The molecule has 0 spiro atoms. The van der Waals surface area contributed by atoms with Crippen LogP contribution in [0.2, 0.25) is 0 Å². The lowest BCUT2D eigenvalue weighted by atomic mass is 10.1. The lowest BCUT2D eigenvalue weighted by Crippen LogP contribution is -2.35. The summed E-state index contributed by atoms with van der Waals surface area (Å²) in [4.78, 5) is 14.4. The molecule has 26 heavy (non-hydrogen) atoms. The molecule has 1 N–H and O–H groups in total. The Hall–Kier alpha value is -3.24. The van der Waals surface area contributed by atoms with Crippen LogP contribution in [0.4, 0.5) is 5.69 Å². The molecule has 1 fully saturated rings. The molecule has 2 aromatic rings. The minimum Gasteiger partial charge on any atom is -0.374 e. The zero-order valence-corrected chi connectivity index (χ0v) is 14.7. The van der Waals surface area contributed by atoms with E-state index < -0.39 is 0 Å². The van der Waals surface area contributed by atoms with Crippen LogP contribution in [0.3, 0.4) is 0 Å². The molecule has 0 bridgehead atoms. The summed E-state index contributed by atoms with van der Waals surface area (Å²) in [6, 6.07) is 16.9. The minimum atomic E-state index is 0.117. The van der Waals surface area contributed by atoms with Crippen LogP contribution in [0.5, 0.6) is 0 Å². The fraction of sp³-hybridized carbons (Fsp3) is 0.273. The van der Waals surface area contributed by atoms with Crippen LogP contribution in [0.15, 0.2) is 48.5 Å². The number of hydrogen-bond donors (Lipinski definition) is 1. The van der Waals surface area contributed by atoms with E-state index in [1.165, 1.54) is 6.42 Å². The van der Waals surface area contributed by atoms with E-state index in [2.05, 4.69) is 23.2 Å². The molecule has 0 aromatic heterocycles. The quantitative estimate of drug-likeness (QED) is 0.866. The van der Waals surface area contributed by atoms with Crippen LogP contribution in [0, 0.1) is 23.2 Å². The van der Waals surface area contributed by atoms with Crippen LogP contribution >= 0.6 is 0 Å². The van der Waals surface area contributed by atoms with Crippen molar-refractivity contribution in [2.24, 2.45) is 0 Å². The van der Waals surface area contributed by atoms with Crippen molar-refractivity contribution in [1.82, 2.24) is 4.90 Å². The maximum Gasteiger partial charge on any atom is 0.253 e. The van der Waals surface area contributed by atoms with Crippen molar-refractivity contribution in [3.63, 3.8) is 0 Å². The normalized spacial score (nSPS) is 13.3. The number of nitrogens with one attached hydrogen (secondary N) is 1. The number of benzene rings is 2. The smallest absolute Gasteiger partial charge is 0.253 e. The van der Waals surface area contributed by atoms with E-state index in [9.17, 15) is 4.79 Å². The van der Waals surface area contributed by atoms with Gasteiger partial charge in [0.05, 0.1) is 18.2 Å². The molecule has 4 nitrogen and oxygen atoms in total. The monoisotopic (exact) mass is 343 g/mol. The topological polar surface area (TPSA) is 56.1 Å². The van der Waals surface area contributed by atoms with Crippen LogP contribution < -0.4 is 5.32 Å². The summed E-state index contributed by atoms with van der Waals surface area (Å²) < 4.78 is 0. The number of rotatable bonds is 3. The fourth-order valence-corrected chi connectivity index (χ4v) is 2.93. The second kappa shape index (κ2) is 8.74. The molecular weight excluding hydrogens is 322 g/mol. The summed E-state index contributed by atoms with van der Waals surface area (Å²) in [5.74, 6) is 6.28. The molecule has 2 aromatic carbocycles. The van der Waals surface area contributed by atoms with E-state index in [4.69, 9.17) is 5.26 Å². The zero-order valence-electron chi connectivity index (χ0n) is 14.7. The largest absolute Gasteiger partial charge is 0.374 e. The Balaban J connectivity index is 1.53. The second-order valence-corrected chi connectivity index (χ2v) is 6.27. The van der Waals surface area contributed by atoms with Gasteiger partial charge in [-0.15, -0.1) is 0 Å². The molecule has 0 unspecified atom stereocenters. The van der Waals surface area contributed by atoms with Gasteiger partial charge in [0.1, 0.15) is 0 Å². The van der Waals surface area contributed by atoms with Crippen molar-refractivity contribution >= 4 is 11.6 Å². The highest BCUT2D eigenvalue weighted by Crippen LogP contribution is 2.13. The first kappa shape index (κ1) is 17.6. The van der Waals surface area contributed by atoms with Crippen LogP contribution in [-0.2, 0) is 0 Å². The van der Waals surface area contributed by atoms with Crippen molar-refractivity contribution in [3.05, 3.63) is 65.2 Å². The van der Waals surface area contributed by atoms with Crippen molar-refractivity contribution in [3.8, 4) is 17.9 Å². The third kappa shape index (κ3) is 4.65. The van der Waals surface area contributed by atoms with Gasteiger partial charge in [0.25, 0.3) is 5.91 Å². The number of likely N-dealkylation sites (tertiary alicyclic amines) is 1. The Kier molecular flexibility index (Phi) is 5.91. The van der Waals surface area contributed by atoms with Crippen LogP contribution in [-0.4, -0.2) is 30.4 Å². The Morgan fingerprint density at radius 2 is 1.62 bits per heavy atom. The number of carbonyl (C=O) groups is 1. The van der Waals surface area contributed by atoms with Gasteiger partial charge >= 0.3 is 0 Å². The lowest BCUT2D eigenvalue weighted by molar-refractivity contribution is 0.0724. The molecular formula is C22H21N3O. The molecule has 0 saturated carbocycles. The zero-order chi connectivity index (χ0) is 18.2. The fourth-order valence-electron chi connectivity index (χ4n) is 2.93. The Morgan fingerprint density at radius 3 is 2.27 bits per heavy atom. The molecule has 130 valence electrons. The summed E-state index contributed by atoms with van der Waals surface area (Å²) in [6.45, 7) is 2.24. The highest BCUT2D eigenvalue weighted by molar-refractivity contribution is 5.94. The predicted molar refractivity (Wildman–Crippen MR) is 103 cm³/mol. The summed E-state index contributed by atoms with van der Waals surface area (Å²) in [6.07, 6.45) is 3.41. The van der Waals surface area contributed by atoms with Gasteiger partial charge in [-0.3, -0.25) is 4.79 Å². The number of amides is 1. The first-order valence-corrected chi connectivity index (χ1v) is 8.88. The van der Waals surface area contributed by atoms with E-state index in [1.54, 1.807) is 12.1 Å². The predicted octanol–water partition coefficient (Wildman–Crippen LogP) is 3.65. The number of hydrogen-bond acceptors (Lipinski definition) is 3. The maximum absolute atomic E-state index is 12.4. The molecule has 1 heterocycles. The molecule has 1 aliphatic rings. The molecule has 1 aliphatic heterocycles. The highest BCUT2D eigenvalue weighted by atomic mass is 16.2. The molecule has 3 rings (SSSR count). The first-order chi connectivity index (χ1) is 12.8. The van der Waals surface area contributed by atoms with Crippen molar-refractivity contribution in [2.75, 3.05) is 25.0 Å². The average molecular weight is 343 g/mol. The van der Waals surface area contributed by atoms with E-state index in [0.717, 1.165) is 42.7 Å². The average Bonchev–Trinajstić information content (AvgIpc) is 2.72. The number of piperidine rings is 1. The highest BCUT2D eigenvalue weighted by Gasteiger charge is 2.17. The number of nitriles is 1. The Bertz CT molecular complexity index is 845. The van der Waals surface area contributed by atoms with Gasteiger partial charge in [-0.1, -0.05) is 11.8 Å². The number of carbonyl (C=O) groups excluding carboxylic acids is 1. The number of nitrogens with zero attached hydrogens (tertiary/aromatic N) is 2. The van der Waals surface area contributed by atoms with Gasteiger partial charge in [-0.25, -0.2) is 0 Å². The van der Waals surface area contributed by atoms with E-state index >= 15 is 0 Å². The minimum absolute atomic E-state index is 0.117. The third-order valence-corrected chi connectivity index (χ3v) is 4.40. The van der Waals surface area contributed by atoms with Gasteiger partial charge in [-0.05, 0) is 67.8 Å². The first-order valence-electron chi connectivity index (χ1n) is 8.88. The van der Waals surface area contributed by atoms with Crippen molar-refractivity contribution in [2.45, 2.75) is 19.3 Å². The van der Waals surface area contributed by atoms with Gasteiger partial charge in [-0.2, -0.15) is 5.26 Å². The van der Waals surface area contributed by atoms with Gasteiger partial charge in [0.2, 0.25) is 0 Å². The summed E-state index contributed by atoms with van der Waals surface area (Å²) in [5, 5.41) is 12.0. The van der Waals surface area contributed by atoms with E-state index in [0.29, 0.717) is 12.1 Å². The molecule has 0 atom stereocenters. The van der Waals surface area contributed by atoms with E-state index in [-0.39, 0.29) is 5.91 Å². The second-order valence-electron chi connectivity index (χ2n) is 6.27. The van der Waals surface area contributed by atoms with Gasteiger partial charge in [0.15, 0.2) is 0 Å².